The second-order valence-electron chi connectivity index (χ2n) is 4.09. The van der Waals surface area contributed by atoms with Gasteiger partial charge in [-0.1, -0.05) is 29.4 Å². The monoisotopic (exact) mass is 258 g/mol. The number of hydrogen-bond donors (Lipinski definition) is 0. The van der Waals surface area contributed by atoms with Crippen molar-refractivity contribution in [1.29, 1.82) is 0 Å². The molecule has 2 heterocycles. The molecule has 0 atom stereocenters. The van der Waals surface area contributed by atoms with E-state index in [9.17, 15) is 0 Å². The summed E-state index contributed by atoms with van der Waals surface area (Å²) in [5.41, 5.74) is 2.83. The lowest BCUT2D eigenvalue weighted by Crippen LogP contribution is -1.92. The largest absolute Gasteiger partial charge is 0.360 e. The molecule has 0 spiro atoms. The third kappa shape index (κ3) is 2.22. The smallest absolute Gasteiger partial charge is 0.151 e. The van der Waals surface area contributed by atoms with Crippen LogP contribution in [-0.4, -0.2) is 10.1 Å². The van der Waals surface area contributed by atoms with Crippen molar-refractivity contribution < 1.29 is 4.52 Å². The van der Waals surface area contributed by atoms with Crippen LogP contribution in [0.15, 0.2) is 47.0 Å². The molecule has 1 aromatic carbocycles. The van der Waals surface area contributed by atoms with E-state index in [1.165, 1.54) is 0 Å². The van der Waals surface area contributed by atoms with Crippen molar-refractivity contribution in [2.45, 2.75) is 12.3 Å². The van der Waals surface area contributed by atoms with Gasteiger partial charge in [0.15, 0.2) is 5.76 Å². The molecule has 0 saturated carbocycles. The van der Waals surface area contributed by atoms with Crippen molar-refractivity contribution in [1.82, 2.24) is 10.1 Å². The number of rotatable bonds is 3. The zero-order valence-electron chi connectivity index (χ0n) is 9.64. The van der Waals surface area contributed by atoms with Gasteiger partial charge < -0.3 is 4.52 Å². The van der Waals surface area contributed by atoms with Gasteiger partial charge in [0.2, 0.25) is 0 Å². The first-order chi connectivity index (χ1) is 8.85. The van der Waals surface area contributed by atoms with Crippen LogP contribution < -0.4 is 0 Å². The van der Waals surface area contributed by atoms with E-state index in [4.69, 9.17) is 16.1 Å². The van der Waals surface area contributed by atoms with E-state index < -0.39 is 0 Å². The fourth-order valence-corrected chi connectivity index (χ4v) is 2.02. The summed E-state index contributed by atoms with van der Waals surface area (Å²) in [5, 5.41) is 5.10. The molecule has 3 nitrogen and oxygen atoms in total. The topological polar surface area (TPSA) is 38.9 Å². The molecule has 0 unspecified atom stereocenters. The van der Waals surface area contributed by atoms with Gasteiger partial charge in [-0.3, -0.25) is 4.98 Å². The maximum absolute atomic E-state index is 5.67. The normalized spacial score (nSPS) is 10.9. The SMILES string of the molecule is ClCc1cc(Cc2ccc3ccccc3n2)no1. The Morgan fingerprint density at radius 1 is 1.06 bits per heavy atom. The standard InChI is InChI=1S/C14H11ClN2O/c15-9-13-8-12(17-18-13)7-11-6-5-10-3-1-2-4-14(10)16-11/h1-6,8H,7,9H2. The average molecular weight is 259 g/mol. The molecule has 0 aliphatic heterocycles. The molecule has 3 rings (SSSR count). The van der Waals surface area contributed by atoms with Crippen molar-refractivity contribution in [2.75, 3.05) is 0 Å². The number of fused-ring (bicyclic) bond motifs is 1. The van der Waals surface area contributed by atoms with E-state index in [2.05, 4.69) is 16.2 Å². The van der Waals surface area contributed by atoms with Gasteiger partial charge in [-0.05, 0) is 12.1 Å². The van der Waals surface area contributed by atoms with E-state index in [1.807, 2.05) is 36.4 Å². The average Bonchev–Trinajstić information content (AvgIpc) is 2.86. The first-order valence-corrected chi connectivity index (χ1v) is 6.24. The highest BCUT2D eigenvalue weighted by Crippen LogP contribution is 2.15. The molecular formula is C14H11ClN2O. The summed E-state index contributed by atoms with van der Waals surface area (Å²) in [7, 11) is 0. The molecule has 0 aliphatic carbocycles. The third-order valence-corrected chi connectivity index (χ3v) is 3.02. The Balaban J connectivity index is 1.90. The Morgan fingerprint density at radius 2 is 1.94 bits per heavy atom. The number of pyridine rings is 1. The zero-order chi connectivity index (χ0) is 12.4. The molecule has 0 saturated heterocycles. The molecule has 90 valence electrons. The Kier molecular flexibility index (Phi) is 2.99. The van der Waals surface area contributed by atoms with Gasteiger partial charge in [0.1, 0.15) is 0 Å². The lowest BCUT2D eigenvalue weighted by Gasteiger charge is -2.00. The molecule has 0 amide bonds. The fraction of sp³-hybridized carbons (Fsp3) is 0.143. The Morgan fingerprint density at radius 3 is 2.78 bits per heavy atom. The van der Waals surface area contributed by atoms with Gasteiger partial charge in [0.05, 0.1) is 17.1 Å². The molecule has 2 aromatic heterocycles. The minimum Gasteiger partial charge on any atom is -0.360 e. The van der Waals surface area contributed by atoms with Gasteiger partial charge in [0.25, 0.3) is 0 Å². The summed E-state index contributed by atoms with van der Waals surface area (Å²) >= 11 is 5.67. The van der Waals surface area contributed by atoms with Crippen LogP contribution >= 0.6 is 11.6 Å². The first kappa shape index (κ1) is 11.2. The van der Waals surface area contributed by atoms with Crippen LogP contribution in [0.4, 0.5) is 0 Å². The Hall–Kier alpha value is -1.87. The molecule has 18 heavy (non-hydrogen) atoms. The maximum Gasteiger partial charge on any atom is 0.151 e. The number of para-hydroxylation sites is 1. The third-order valence-electron chi connectivity index (χ3n) is 2.76. The summed E-state index contributed by atoms with van der Waals surface area (Å²) in [6.45, 7) is 0. The summed E-state index contributed by atoms with van der Waals surface area (Å²) in [6, 6.07) is 14.0. The van der Waals surface area contributed by atoms with Gasteiger partial charge in [-0.25, -0.2) is 0 Å². The first-order valence-electron chi connectivity index (χ1n) is 5.70. The number of halogens is 1. The lowest BCUT2D eigenvalue weighted by molar-refractivity contribution is 0.388. The van der Waals surface area contributed by atoms with E-state index >= 15 is 0 Å². The number of alkyl halides is 1. The number of hydrogen-bond acceptors (Lipinski definition) is 3. The van der Waals surface area contributed by atoms with Crippen molar-refractivity contribution >= 4 is 22.5 Å². The van der Waals surface area contributed by atoms with Crippen LogP contribution in [0.25, 0.3) is 10.9 Å². The van der Waals surface area contributed by atoms with E-state index in [0.717, 1.165) is 22.3 Å². The zero-order valence-corrected chi connectivity index (χ0v) is 10.4. The quantitative estimate of drug-likeness (QED) is 0.675. The van der Waals surface area contributed by atoms with Crippen molar-refractivity contribution in [3.8, 4) is 0 Å². The second-order valence-corrected chi connectivity index (χ2v) is 4.36. The highest BCUT2D eigenvalue weighted by atomic mass is 35.5. The summed E-state index contributed by atoms with van der Waals surface area (Å²) in [5.74, 6) is 1.03. The van der Waals surface area contributed by atoms with Crippen molar-refractivity contribution in [3.05, 3.63) is 59.6 Å². The van der Waals surface area contributed by atoms with Gasteiger partial charge in [-0.2, -0.15) is 0 Å². The highest BCUT2D eigenvalue weighted by Gasteiger charge is 2.05. The minimum absolute atomic E-state index is 0.345. The minimum atomic E-state index is 0.345. The van der Waals surface area contributed by atoms with Gasteiger partial charge >= 0.3 is 0 Å². The van der Waals surface area contributed by atoms with Crippen LogP contribution in [-0.2, 0) is 12.3 Å². The Labute approximate surface area is 109 Å². The molecule has 4 heteroatoms. The second kappa shape index (κ2) is 4.78. The van der Waals surface area contributed by atoms with Gasteiger partial charge in [-0.15, -0.1) is 11.6 Å². The molecule has 0 aliphatic rings. The fourth-order valence-electron chi connectivity index (χ4n) is 1.89. The van der Waals surface area contributed by atoms with E-state index in [-0.39, 0.29) is 0 Å². The molecule has 0 bridgehead atoms. The van der Waals surface area contributed by atoms with Gasteiger partial charge in [0, 0.05) is 23.6 Å². The molecule has 0 N–H and O–H groups in total. The van der Waals surface area contributed by atoms with E-state index in [0.29, 0.717) is 18.1 Å². The molecule has 0 fully saturated rings. The number of benzene rings is 1. The molecule has 0 radical (unpaired) electrons. The summed E-state index contributed by atoms with van der Waals surface area (Å²) in [4.78, 5) is 4.59. The predicted octanol–water partition coefficient (Wildman–Crippen LogP) is 3.55. The summed E-state index contributed by atoms with van der Waals surface area (Å²) in [6.07, 6.45) is 0.658. The lowest BCUT2D eigenvalue weighted by atomic mass is 10.1. The predicted molar refractivity (Wildman–Crippen MR) is 70.6 cm³/mol. The number of nitrogens with zero attached hydrogens (tertiary/aromatic N) is 2. The highest BCUT2D eigenvalue weighted by molar-refractivity contribution is 6.16. The maximum atomic E-state index is 5.67. The summed E-state index contributed by atoms with van der Waals surface area (Å²) < 4.78 is 5.06. The molecule has 3 aromatic rings. The Bertz CT molecular complexity index is 678. The van der Waals surface area contributed by atoms with Crippen LogP contribution in [0, 0.1) is 0 Å². The van der Waals surface area contributed by atoms with Crippen LogP contribution in [0.3, 0.4) is 0 Å². The van der Waals surface area contributed by atoms with Crippen LogP contribution in [0.1, 0.15) is 17.1 Å². The molecular weight excluding hydrogens is 248 g/mol. The van der Waals surface area contributed by atoms with E-state index in [1.54, 1.807) is 0 Å². The number of aromatic nitrogens is 2. The van der Waals surface area contributed by atoms with Crippen LogP contribution in [0.5, 0.6) is 0 Å². The van der Waals surface area contributed by atoms with Crippen LogP contribution in [0.2, 0.25) is 0 Å². The van der Waals surface area contributed by atoms with Crippen molar-refractivity contribution in [2.24, 2.45) is 0 Å². The van der Waals surface area contributed by atoms with Crippen molar-refractivity contribution in [3.63, 3.8) is 0 Å².